The molecule has 0 saturated carbocycles. The van der Waals surface area contributed by atoms with E-state index in [9.17, 15) is 4.79 Å². The molecule has 0 N–H and O–H groups in total. The number of thiazole rings is 1. The van der Waals surface area contributed by atoms with Gasteiger partial charge in [0, 0.05) is 25.4 Å². The van der Waals surface area contributed by atoms with Crippen LogP contribution in [-0.4, -0.2) is 34.4 Å². The van der Waals surface area contributed by atoms with Crippen molar-refractivity contribution in [2.75, 3.05) is 13.6 Å². The maximum absolute atomic E-state index is 12.7. The van der Waals surface area contributed by atoms with E-state index < -0.39 is 0 Å². The number of rotatable bonds is 5. The fourth-order valence-electron chi connectivity index (χ4n) is 2.50. The van der Waals surface area contributed by atoms with Crippen molar-refractivity contribution in [1.82, 2.24) is 14.9 Å². The zero-order valence-electron chi connectivity index (χ0n) is 13.8. The zero-order valence-corrected chi connectivity index (χ0v) is 14.6. The summed E-state index contributed by atoms with van der Waals surface area (Å²) in [5, 5.41) is 0. The average molecular weight is 337 g/mol. The van der Waals surface area contributed by atoms with Gasteiger partial charge < -0.3 is 4.90 Å². The molecule has 1 aromatic carbocycles. The van der Waals surface area contributed by atoms with E-state index in [1.165, 1.54) is 5.56 Å². The van der Waals surface area contributed by atoms with Gasteiger partial charge in [-0.05, 0) is 31.0 Å². The van der Waals surface area contributed by atoms with E-state index in [-0.39, 0.29) is 5.91 Å². The number of carbonyl (C=O) groups excluding carboxylic acids is 1. The van der Waals surface area contributed by atoms with E-state index in [0.717, 1.165) is 22.7 Å². The molecule has 1 amide bonds. The van der Waals surface area contributed by atoms with E-state index in [1.807, 2.05) is 38.2 Å². The first-order valence-corrected chi connectivity index (χ1v) is 8.69. The van der Waals surface area contributed by atoms with Crippen molar-refractivity contribution in [2.24, 2.45) is 0 Å². The fourth-order valence-corrected chi connectivity index (χ4v) is 3.27. The van der Waals surface area contributed by atoms with Gasteiger partial charge in [0.25, 0.3) is 5.91 Å². The number of hydrogen-bond donors (Lipinski definition) is 0. The maximum atomic E-state index is 12.7. The second-order valence-corrected chi connectivity index (χ2v) is 6.51. The Balaban J connectivity index is 1.71. The molecule has 5 heteroatoms. The molecule has 0 spiro atoms. The molecule has 2 heterocycles. The van der Waals surface area contributed by atoms with Gasteiger partial charge in [0.2, 0.25) is 0 Å². The lowest BCUT2D eigenvalue weighted by molar-refractivity contribution is 0.0796. The summed E-state index contributed by atoms with van der Waals surface area (Å²) in [6.07, 6.45) is 2.53. The van der Waals surface area contributed by atoms with Crippen LogP contribution in [0, 0.1) is 6.92 Å². The van der Waals surface area contributed by atoms with Crippen LogP contribution in [-0.2, 0) is 6.42 Å². The summed E-state index contributed by atoms with van der Waals surface area (Å²) < 4.78 is 0. The molecule has 0 unspecified atom stereocenters. The standard InChI is InChI=1S/C19H19N3OS/c1-14-18(24-13-21-14)17-12-16(8-10-20-17)19(23)22(2)11-9-15-6-4-3-5-7-15/h3-8,10,12-13H,9,11H2,1-2H3. The Labute approximate surface area is 145 Å². The molecule has 122 valence electrons. The molecule has 0 bridgehead atoms. The van der Waals surface area contributed by atoms with Crippen molar-refractivity contribution < 1.29 is 4.79 Å². The zero-order chi connectivity index (χ0) is 16.9. The lowest BCUT2D eigenvalue weighted by atomic mass is 10.1. The van der Waals surface area contributed by atoms with E-state index in [2.05, 4.69) is 22.1 Å². The maximum Gasteiger partial charge on any atom is 0.253 e. The molecule has 0 atom stereocenters. The lowest BCUT2D eigenvalue weighted by Crippen LogP contribution is -2.28. The third kappa shape index (κ3) is 3.68. The van der Waals surface area contributed by atoms with Gasteiger partial charge in [-0.25, -0.2) is 4.98 Å². The Bertz CT molecular complexity index is 829. The molecule has 0 aliphatic heterocycles. The van der Waals surface area contributed by atoms with Crippen LogP contribution < -0.4 is 0 Å². The molecular formula is C19H19N3OS. The predicted molar refractivity (Wildman–Crippen MR) is 97.2 cm³/mol. The van der Waals surface area contributed by atoms with Crippen molar-refractivity contribution in [1.29, 1.82) is 0 Å². The summed E-state index contributed by atoms with van der Waals surface area (Å²) >= 11 is 1.54. The van der Waals surface area contributed by atoms with Gasteiger partial charge in [0.05, 0.1) is 21.8 Å². The van der Waals surface area contributed by atoms with Crippen molar-refractivity contribution in [3.63, 3.8) is 0 Å². The number of benzene rings is 1. The SMILES string of the molecule is Cc1ncsc1-c1cc(C(=O)N(C)CCc2ccccc2)ccn1. The van der Waals surface area contributed by atoms with Crippen LogP contribution in [0.25, 0.3) is 10.6 Å². The molecule has 0 fully saturated rings. The minimum atomic E-state index is 0.0109. The Morgan fingerprint density at radius 3 is 2.67 bits per heavy atom. The van der Waals surface area contributed by atoms with Gasteiger partial charge in [-0.1, -0.05) is 30.3 Å². The highest BCUT2D eigenvalue weighted by molar-refractivity contribution is 7.13. The van der Waals surface area contributed by atoms with Gasteiger partial charge >= 0.3 is 0 Å². The highest BCUT2D eigenvalue weighted by Crippen LogP contribution is 2.25. The lowest BCUT2D eigenvalue weighted by Gasteiger charge is -2.17. The number of carbonyl (C=O) groups is 1. The fraction of sp³-hybridized carbons (Fsp3) is 0.211. The summed E-state index contributed by atoms with van der Waals surface area (Å²) in [5.41, 5.74) is 5.43. The summed E-state index contributed by atoms with van der Waals surface area (Å²) in [6.45, 7) is 2.63. The molecular weight excluding hydrogens is 318 g/mol. The molecule has 2 aromatic heterocycles. The van der Waals surface area contributed by atoms with Crippen LogP contribution in [0.5, 0.6) is 0 Å². The second kappa shape index (κ2) is 7.36. The van der Waals surface area contributed by atoms with Crippen LogP contribution in [0.4, 0.5) is 0 Å². The van der Waals surface area contributed by atoms with E-state index in [1.54, 1.807) is 34.0 Å². The van der Waals surface area contributed by atoms with Crippen molar-refractivity contribution in [3.8, 4) is 10.6 Å². The van der Waals surface area contributed by atoms with Gasteiger partial charge in [0.15, 0.2) is 0 Å². The Kier molecular flexibility index (Phi) is 5.01. The second-order valence-electron chi connectivity index (χ2n) is 5.66. The molecule has 0 radical (unpaired) electrons. The third-order valence-corrected chi connectivity index (χ3v) is 4.86. The van der Waals surface area contributed by atoms with E-state index >= 15 is 0 Å². The molecule has 0 saturated heterocycles. The van der Waals surface area contributed by atoms with Gasteiger partial charge in [-0.3, -0.25) is 9.78 Å². The first-order valence-electron chi connectivity index (χ1n) is 7.81. The Morgan fingerprint density at radius 2 is 1.96 bits per heavy atom. The summed E-state index contributed by atoms with van der Waals surface area (Å²) in [5.74, 6) is 0.0109. The Hall–Kier alpha value is -2.53. The number of likely N-dealkylation sites (N-methyl/N-ethyl adjacent to an activating group) is 1. The smallest absolute Gasteiger partial charge is 0.253 e. The normalized spacial score (nSPS) is 10.6. The highest BCUT2D eigenvalue weighted by atomic mass is 32.1. The number of aromatic nitrogens is 2. The van der Waals surface area contributed by atoms with Crippen LogP contribution in [0.15, 0.2) is 54.2 Å². The topological polar surface area (TPSA) is 46.1 Å². The largest absolute Gasteiger partial charge is 0.341 e. The van der Waals surface area contributed by atoms with E-state index in [0.29, 0.717) is 12.1 Å². The van der Waals surface area contributed by atoms with Gasteiger partial charge in [0.1, 0.15) is 0 Å². The third-order valence-electron chi connectivity index (χ3n) is 3.91. The van der Waals surface area contributed by atoms with Crippen LogP contribution in [0.1, 0.15) is 21.6 Å². The summed E-state index contributed by atoms with van der Waals surface area (Å²) in [6, 6.07) is 13.8. The molecule has 3 rings (SSSR count). The summed E-state index contributed by atoms with van der Waals surface area (Å²) in [7, 11) is 1.84. The highest BCUT2D eigenvalue weighted by Gasteiger charge is 2.14. The van der Waals surface area contributed by atoms with Crippen LogP contribution >= 0.6 is 11.3 Å². The summed E-state index contributed by atoms with van der Waals surface area (Å²) in [4.78, 5) is 24.1. The average Bonchev–Trinajstić information content (AvgIpc) is 3.06. The monoisotopic (exact) mass is 337 g/mol. The molecule has 0 aliphatic carbocycles. The predicted octanol–water partition coefficient (Wildman–Crippen LogP) is 3.83. The number of amides is 1. The van der Waals surface area contributed by atoms with Gasteiger partial charge in [-0.15, -0.1) is 11.3 Å². The van der Waals surface area contributed by atoms with Crippen LogP contribution in [0.2, 0.25) is 0 Å². The minimum absolute atomic E-state index is 0.0109. The number of pyridine rings is 1. The van der Waals surface area contributed by atoms with Crippen molar-refractivity contribution >= 4 is 17.2 Å². The number of nitrogens with zero attached hydrogens (tertiary/aromatic N) is 3. The first kappa shape index (κ1) is 16.3. The number of aryl methyl sites for hydroxylation is 1. The molecule has 24 heavy (non-hydrogen) atoms. The molecule has 4 nitrogen and oxygen atoms in total. The Morgan fingerprint density at radius 1 is 1.17 bits per heavy atom. The number of hydrogen-bond acceptors (Lipinski definition) is 4. The first-order chi connectivity index (χ1) is 11.6. The van der Waals surface area contributed by atoms with Crippen LogP contribution in [0.3, 0.4) is 0 Å². The van der Waals surface area contributed by atoms with Gasteiger partial charge in [-0.2, -0.15) is 0 Å². The van der Waals surface area contributed by atoms with E-state index in [4.69, 9.17) is 0 Å². The van der Waals surface area contributed by atoms with Crippen molar-refractivity contribution in [3.05, 3.63) is 71.0 Å². The van der Waals surface area contributed by atoms with Crippen molar-refractivity contribution in [2.45, 2.75) is 13.3 Å². The minimum Gasteiger partial charge on any atom is -0.341 e. The molecule has 0 aliphatic rings. The molecule has 3 aromatic rings. The quantitative estimate of drug-likeness (QED) is 0.711.